The molecule has 1 fully saturated rings. The number of nitrogens with zero attached hydrogens (tertiary/aromatic N) is 3. The fraction of sp³-hybridized carbons (Fsp3) is 0.625. The summed E-state index contributed by atoms with van der Waals surface area (Å²) in [6.45, 7) is 7.03. The lowest BCUT2D eigenvalue weighted by Crippen LogP contribution is -2.38. The van der Waals surface area contributed by atoms with Crippen LogP contribution in [0.3, 0.4) is 0 Å². The molecular formula is C16H27N5. The first-order chi connectivity index (χ1) is 10.2. The van der Waals surface area contributed by atoms with Gasteiger partial charge < -0.3 is 16.0 Å². The Kier molecular flexibility index (Phi) is 5.84. The van der Waals surface area contributed by atoms with Crippen molar-refractivity contribution in [3.8, 4) is 0 Å². The predicted molar refractivity (Wildman–Crippen MR) is 88.5 cm³/mol. The molecule has 2 rings (SSSR count). The number of rotatable bonds is 5. The van der Waals surface area contributed by atoms with E-state index in [1.165, 1.54) is 19.3 Å². The van der Waals surface area contributed by atoms with Crippen LogP contribution in [0.15, 0.2) is 23.3 Å². The Morgan fingerprint density at radius 1 is 1.38 bits per heavy atom. The summed E-state index contributed by atoms with van der Waals surface area (Å²) in [5.74, 6) is 1.58. The second kappa shape index (κ2) is 7.86. The molecule has 0 radical (unpaired) electrons. The van der Waals surface area contributed by atoms with Crippen molar-refractivity contribution in [2.24, 2.45) is 10.7 Å². The van der Waals surface area contributed by atoms with Gasteiger partial charge in [-0.3, -0.25) is 0 Å². The van der Waals surface area contributed by atoms with Gasteiger partial charge in [0.2, 0.25) is 0 Å². The molecular weight excluding hydrogens is 262 g/mol. The Morgan fingerprint density at radius 3 is 2.76 bits per heavy atom. The molecule has 1 aromatic rings. The van der Waals surface area contributed by atoms with Crippen LogP contribution < -0.4 is 16.0 Å². The smallest absolute Gasteiger partial charge is 0.189 e. The maximum atomic E-state index is 5.86. The predicted octanol–water partition coefficient (Wildman–Crippen LogP) is 2.27. The number of aliphatic imine (C=N–C) groups is 1. The number of anilines is 1. The molecule has 21 heavy (non-hydrogen) atoms. The first-order valence-corrected chi connectivity index (χ1v) is 7.95. The summed E-state index contributed by atoms with van der Waals surface area (Å²) in [5.41, 5.74) is 6.94. The van der Waals surface area contributed by atoms with Crippen molar-refractivity contribution in [2.75, 3.05) is 18.0 Å². The van der Waals surface area contributed by atoms with Crippen molar-refractivity contribution in [3.63, 3.8) is 0 Å². The zero-order valence-electron chi connectivity index (χ0n) is 13.2. The van der Waals surface area contributed by atoms with Gasteiger partial charge in [-0.25, -0.2) is 9.98 Å². The van der Waals surface area contributed by atoms with Gasteiger partial charge in [0.1, 0.15) is 5.82 Å². The highest BCUT2D eigenvalue weighted by atomic mass is 15.2. The summed E-state index contributed by atoms with van der Waals surface area (Å²) < 4.78 is 0. The molecule has 1 aromatic heterocycles. The Balaban J connectivity index is 1.88. The molecule has 3 N–H and O–H groups in total. The molecule has 1 aliphatic heterocycles. The van der Waals surface area contributed by atoms with Crippen molar-refractivity contribution >= 4 is 11.8 Å². The van der Waals surface area contributed by atoms with E-state index in [4.69, 9.17) is 5.73 Å². The zero-order valence-corrected chi connectivity index (χ0v) is 13.2. The standard InChI is InChI=1S/C16H27N5/c1-3-13(2)20-16(17)19-12-14-7-8-15(18-11-14)21-9-5-4-6-10-21/h7-8,11,13H,3-6,9-10,12H2,1-2H3,(H3,17,19,20)/t13-/m1/s1. The number of nitrogens with one attached hydrogen (secondary N) is 1. The van der Waals surface area contributed by atoms with Crippen LogP contribution in [-0.4, -0.2) is 30.1 Å². The molecule has 5 heteroatoms. The fourth-order valence-corrected chi connectivity index (χ4v) is 2.40. The topological polar surface area (TPSA) is 66.5 Å². The van der Waals surface area contributed by atoms with E-state index in [0.717, 1.165) is 30.9 Å². The quantitative estimate of drug-likeness (QED) is 0.644. The lowest BCUT2D eigenvalue weighted by atomic mass is 10.1. The number of pyridine rings is 1. The van der Waals surface area contributed by atoms with Gasteiger partial charge in [0, 0.05) is 25.3 Å². The van der Waals surface area contributed by atoms with E-state index < -0.39 is 0 Å². The highest BCUT2D eigenvalue weighted by molar-refractivity contribution is 5.78. The third kappa shape index (κ3) is 4.92. The minimum atomic E-state index is 0.355. The number of piperidine rings is 1. The van der Waals surface area contributed by atoms with Crippen LogP contribution in [0, 0.1) is 0 Å². The van der Waals surface area contributed by atoms with Gasteiger partial charge in [-0.15, -0.1) is 0 Å². The first-order valence-electron chi connectivity index (χ1n) is 7.95. The van der Waals surface area contributed by atoms with E-state index in [1.54, 1.807) is 0 Å². The van der Waals surface area contributed by atoms with Crippen LogP contribution in [0.4, 0.5) is 5.82 Å². The van der Waals surface area contributed by atoms with Gasteiger partial charge in [0.25, 0.3) is 0 Å². The van der Waals surface area contributed by atoms with Crippen LogP contribution >= 0.6 is 0 Å². The molecule has 2 heterocycles. The molecule has 1 aliphatic rings. The van der Waals surface area contributed by atoms with Crippen molar-refractivity contribution < 1.29 is 0 Å². The molecule has 1 atom stereocenters. The first kappa shape index (κ1) is 15.6. The Bertz CT molecular complexity index is 448. The second-order valence-corrected chi connectivity index (χ2v) is 5.73. The van der Waals surface area contributed by atoms with E-state index in [1.807, 2.05) is 6.20 Å². The molecule has 0 aromatic carbocycles. The highest BCUT2D eigenvalue weighted by Crippen LogP contribution is 2.17. The van der Waals surface area contributed by atoms with E-state index in [0.29, 0.717) is 18.5 Å². The number of guanidine groups is 1. The Morgan fingerprint density at radius 2 is 2.14 bits per heavy atom. The van der Waals surface area contributed by atoms with Gasteiger partial charge in [-0.2, -0.15) is 0 Å². The maximum Gasteiger partial charge on any atom is 0.189 e. The summed E-state index contributed by atoms with van der Waals surface area (Å²) in [7, 11) is 0. The van der Waals surface area contributed by atoms with Gasteiger partial charge >= 0.3 is 0 Å². The van der Waals surface area contributed by atoms with Crippen LogP contribution in [-0.2, 0) is 6.54 Å². The lowest BCUT2D eigenvalue weighted by molar-refractivity contribution is 0.573. The summed E-state index contributed by atoms with van der Waals surface area (Å²) in [6, 6.07) is 4.54. The molecule has 0 unspecified atom stereocenters. The Hall–Kier alpha value is -1.78. The normalized spacial score (nSPS) is 17.6. The van der Waals surface area contributed by atoms with Crippen molar-refractivity contribution in [1.82, 2.24) is 10.3 Å². The molecule has 1 saturated heterocycles. The number of nitrogens with two attached hydrogens (primary N) is 1. The van der Waals surface area contributed by atoms with Crippen molar-refractivity contribution in [2.45, 2.75) is 52.1 Å². The van der Waals surface area contributed by atoms with Crippen LogP contribution in [0.2, 0.25) is 0 Å². The van der Waals surface area contributed by atoms with E-state index in [2.05, 4.69) is 46.2 Å². The average molecular weight is 289 g/mol. The maximum absolute atomic E-state index is 5.86. The minimum absolute atomic E-state index is 0.355. The van der Waals surface area contributed by atoms with E-state index in [-0.39, 0.29) is 0 Å². The van der Waals surface area contributed by atoms with Crippen molar-refractivity contribution in [1.29, 1.82) is 0 Å². The van der Waals surface area contributed by atoms with Crippen LogP contribution in [0.5, 0.6) is 0 Å². The van der Waals surface area contributed by atoms with Crippen LogP contribution in [0.1, 0.15) is 45.1 Å². The summed E-state index contributed by atoms with van der Waals surface area (Å²) >= 11 is 0. The third-order valence-electron chi connectivity index (χ3n) is 3.93. The third-order valence-corrected chi connectivity index (χ3v) is 3.93. The molecule has 0 amide bonds. The highest BCUT2D eigenvalue weighted by Gasteiger charge is 2.11. The zero-order chi connectivity index (χ0) is 15.1. The molecule has 0 aliphatic carbocycles. The van der Waals surface area contributed by atoms with E-state index in [9.17, 15) is 0 Å². The van der Waals surface area contributed by atoms with E-state index >= 15 is 0 Å². The molecule has 0 spiro atoms. The summed E-state index contributed by atoms with van der Waals surface area (Å²) in [5, 5.41) is 3.16. The molecule has 116 valence electrons. The Labute approximate surface area is 127 Å². The summed E-state index contributed by atoms with van der Waals surface area (Å²) in [6.07, 6.45) is 6.81. The average Bonchev–Trinajstić information content (AvgIpc) is 2.54. The van der Waals surface area contributed by atoms with Gasteiger partial charge in [-0.05, 0) is 44.2 Å². The SMILES string of the molecule is CC[C@@H](C)NC(N)=NCc1ccc(N2CCCCC2)nc1. The molecule has 0 bridgehead atoms. The monoisotopic (exact) mass is 289 g/mol. The lowest BCUT2D eigenvalue weighted by Gasteiger charge is -2.27. The van der Waals surface area contributed by atoms with Gasteiger partial charge in [-0.1, -0.05) is 13.0 Å². The van der Waals surface area contributed by atoms with Gasteiger partial charge in [0.05, 0.1) is 6.54 Å². The molecule has 0 saturated carbocycles. The summed E-state index contributed by atoms with van der Waals surface area (Å²) in [4.78, 5) is 11.3. The molecule has 5 nitrogen and oxygen atoms in total. The van der Waals surface area contributed by atoms with Crippen molar-refractivity contribution in [3.05, 3.63) is 23.9 Å². The number of hydrogen-bond donors (Lipinski definition) is 2. The second-order valence-electron chi connectivity index (χ2n) is 5.73. The largest absolute Gasteiger partial charge is 0.370 e. The number of aromatic nitrogens is 1. The number of hydrogen-bond acceptors (Lipinski definition) is 3. The fourth-order valence-electron chi connectivity index (χ4n) is 2.40. The minimum Gasteiger partial charge on any atom is -0.370 e. The van der Waals surface area contributed by atoms with Crippen LogP contribution in [0.25, 0.3) is 0 Å². The van der Waals surface area contributed by atoms with Gasteiger partial charge in [0.15, 0.2) is 5.96 Å².